The van der Waals surface area contributed by atoms with Crippen molar-refractivity contribution >= 4 is 11.9 Å². The minimum absolute atomic E-state index is 0.286. The van der Waals surface area contributed by atoms with Gasteiger partial charge in [0.1, 0.15) is 0 Å². The standard InChI is InChI=1S/C15H29NS/c1-8-9-10-16-11-12(14(2,3)4)13(17-16)15(5,6)7/h8-11H2,1-7H3. The average Bonchev–Trinajstić information content (AvgIpc) is 2.57. The van der Waals surface area contributed by atoms with Crippen LogP contribution in [0.4, 0.5) is 0 Å². The lowest BCUT2D eigenvalue weighted by atomic mass is 9.81. The number of hydrogen-bond donors (Lipinski definition) is 0. The summed E-state index contributed by atoms with van der Waals surface area (Å²) in [5.41, 5.74) is 2.23. The third-order valence-electron chi connectivity index (χ3n) is 3.18. The quantitative estimate of drug-likeness (QED) is 0.646. The summed E-state index contributed by atoms with van der Waals surface area (Å²) in [7, 11) is 0. The molecule has 1 aliphatic heterocycles. The van der Waals surface area contributed by atoms with Gasteiger partial charge in [-0.1, -0.05) is 54.9 Å². The number of unbranched alkanes of at least 4 members (excludes halogenated alkanes) is 1. The molecule has 0 saturated heterocycles. The van der Waals surface area contributed by atoms with E-state index in [9.17, 15) is 0 Å². The molecule has 0 unspecified atom stereocenters. The van der Waals surface area contributed by atoms with Crippen LogP contribution in [0.3, 0.4) is 0 Å². The maximum Gasteiger partial charge on any atom is 0.0319 e. The van der Waals surface area contributed by atoms with Gasteiger partial charge in [-0.05, 0) is 34.8 Å². The summed E-state index contributed by atoms with van der Waals surface area (Å²) in [4.78, 5) is 1.60. The van der Waals surface area contributed by atoms with Crippen molar-refractivity contribution in [2.45, 2.75) is 61.3 Å². The van der Waals surface area contributed by atoms with Crippen LogP contribution in [0, 0.1) is 10.8 Å². The Balaban J connectivity index is 2.86. The van der Waals surface area contributed by atoms with E-state index in [0.717, 1.165) is 6.54 Å². The topological polar surface area (TPSA) is 3.24 Å². The van der Waals surface area contributed by atoms with E-state index >= 15 is 0 Å². The molecular weight excluding hydrogens is 226 g/mol. The first-order chi connectivity index (χ1) is 7.66. The van der Waals surface area contributed by atoms with E-state index in [1.807, 2.05) is 11.9 Å². The van der Waals surface area contributed by atoms with Crippen LogP contribution in [0.2, 0.25) is 0 Å². The molecule has 1 aliphatic rings. The summed E-state index contributed by atoms with van der Waals surface area (Å²) in [6, 6.07) is 0. The van der Waals surface area contributed by atoms with E-state index in [2.05, 4.69) is 52.8 Å². The fourth-order valence-electron chi connectivity index (χ4n) is 2.09. The fraction of sp³-hybridized carbons (Fsp3) is 0.867. The smallest absolute Gasteiger partial charge is 0.0319 e. The Morgan fingerprint density at radius 2 is 1.65 bits per heavy atom. The second-order valence-electron chi connectivity index (χ2n) is 7.12. The number of nitrogens with zero attached hydrogens (tertiary/aromatic N) is 1. The fourth-order valence-corrected chi connectivity index (χ4v) is 3.52. The molecule has 1 heterocycles. The zero-order valence-corrected chi connectivity index (χ0v) is 13.5. The van der Waals surface area contributed by atoms with Gasteiger partial charge in [0, 0.05) is 18.0 Å². The second kappa shape index (κ2) is 5.36. The first-order valence-corrected chi connectivity index (χ1v) is 7.60. The summed E-state index contributed by atoms with van der Waals surface area (Å²) in [6.07, 6.45) is 2.59. The van der Waals surface area contributed by atoms with Crippen molar-refractivity contribution < 1.29 is 0 Å². The minimum atomic E-state index is 0.286. The van der Waals surface area contributed by atoms with E-state index in [1.54, 1.807) is 10.5 Å². The van der Waals surface area contributed by atoms with Crippen molar-refractivity contribution in [2.75, 3.05) is 13.1 Å². The van der Waals surface area contributed by atoms with Crippen molar-refractivity contribution in [1.29, 1.82) is 0 Å². The Bertz CT molecular complexity index is 265. The SMILES string of the molecule is CCCCN1CC(C(C)(C)C)=C(C(C)(C)C)S1. The van der Waals surface area contributed by atoms with Gasteiger partial charge in [-0.2, -0.15) is 0 Å². The van der Waals surface area contributed by atoms with Crippen LogP contribution in [-0.2, 0) is 0 Å². The van der Waals surface area contributed by atoms with Crippen molar-refractivity contribution in [1.82, 2.24) is 4.31 Å². The van der Waals surface area contributed by atoms with Gasteiger partial charge in [-0.3, -0.25) is 0 Å². The molecule has 0 radical (unpaired) electrons. The normalized spacial score (nSPS) is 19.2. The molecule has 0 amide bonds. The summed E-state index contributed by atoms with van der Waals surface area (Å²) in [6.45, 7) is 18.7. The van der Waals surface area contributed by atoms with E-state index in [4.69, 9.17) is 0 Å². The molecule has 0 saturated carbocycles. The first-order valence-electron chi connectivity index (χ1n) is 6.83. The number of hydrogen-bond acceptors (Lipinski definition) is 2. The zero-order chi connectivity index (χ0) is 13.3. The molecule has 1 nitrogen and oxygen atoms in total. The molecule has 0 aromatic rings. The molecule has 0 N–H and O–H groups in total. The molecule has 0 aromatic heterocycles. The molecule has 100 valence electrons. The van der Waals surface area contributed by atoms with Crippen molar-refractivity contribution in [2.24, 2.45) is 10.8 Å². The predicted octanol–water partition coefficient (Wildman–Crippen LogP) is 5.10. The monoisotopic (exact) mass is 255 g/mol. The van der Waals surface area contributed by atoms with Crippen LogP contribution in [0.1, 0.15) is 61.3 Å². The highest BCUT2D eigenvalue weighted by atomic mass is 32.2. The lowest BCUT2D eigenvalue weighted by Gasteiger charge is -2.27. The average molecular weight is 255 g/mol. The lowest BCUT2D eigenvalue weighted by molar-refractivity contribution is 0.419. The van der Waals surface area contributed by atoms with Crippen LogP contribution in [-0.4, -0.2) is 17.4 Å². The van der Waals surface area contributed by atoms with Gasteiger partial charge in [0.15, 0.2) is 0 Å². The van der Waals surface area contributed by atoms with Gasteiger partial charge in [0.05, 0.1) is 0 Å². The number of allylic oxidation sites excluding steroid dienone is 1. The van der Waals surface area contributed by atoms with Gasteiger partial charge < -0.3 is 0 Å². The largest absolute Gasteiger partial charge is 0.243 e. The minimum Gasteiger partial charge on any atom is -0.243 e. The molecule has 0 fully saturated rings. The first kappa shape index (κ1) is 15.1. The Kier molecular flexibility index (Phi) is 4.76. The van der Waals surface area contributed by atoms with Gasteiger partial charge >= 0.3 is 0 Å². The molecule has 0 aromatic carbocycles. The molecule has 0 bridgehead atoms. The summed E-state index contributed by atoms with van der Waals surface area (Å²) in [5, 5.41) is 0. The molecule has 17 heavy (non-hydrogen) atoms. The highest BCUT2D eigenvalue weighted by Crippen LogP contribution is 2.49. The zero-order valence-electron chi connectivity index (χ0n) is 12.7. The highest BCUT2D eigenvalue weighted by molar-refractivity contribution is 8.01. The van der Waals surface area contributed by atoms with Crippen LogP contribution < -0.4 is 0 Å². The van der Waals surface area contributed by atoms with Crippen molar-refractivity contribution in [3.05, 3.63) is 10.5 Å². The van der Waals surface area contributed by atoms with Crippen LogP contribution in [0.5, 0.6) is 0 Å². The summed E-state index contributed by atoms with van der Waals surface area (Å²) in [5.74, 6) is 0. The van der Waals surface area contributed by atoms with E-state index < -0.39 is 0 Å². The molecule has 0 spiro atoms. The highest BCUT2D eigenvalue weighted by Gasteiger charge is 2.35. The van der Waals surface area contributed by atoms with E-state index in [-0.39, 0.29) is 5.41 Å². The van der Waals surface area contributed by atoms with E-state index in [1.165, 1.54) is 19.4 Å². The maximum absolute atomic E-state index is 2.55. The predicted molar refractivity (Wildman–Crippen MR) is 80.0 cm³/mol. The van der Waals surface area contributed by atoms with Gasteiger partial charge in [-0.15, -0.1) is 0 Å². The van der Waals surface area contributed by atoms with Gasteiger partial charge in [0.25, 0.3) is 0 Å². The third-order valence-corrected chi connectivity index (χ3v) is 4.79. The Morgan fingerprint density at radius 1 is 1.06 bits per heavy atom. The van der Waals surface area contributed by atoms with Crippen LogP contribution in [0.25, 0.3) is 0 Å². The van der Waals surface area contributed by atoms with Crippen molar-refractivity contribution in [3.8, 4) is 0 Å². The Labute approximate surface area is 112 Å². The summed E-state index contributed by atoms with van der Waals surface area (Å²) < 4.78 is 2.55. The Hall–Kier alpha value is 0.0500. The van der Waals surface area contributed by atoms with Crippen molar-refractivity contribution in [3.63, 3.8) is 0 Å². The molecule has 0 atom stereocenters. The molecule has 2 heteroatoms. The number of rotatable bonds is 3. The third kappa shape index (κ3) is 4.03. The summed E-state index contributed by atoms with van der Waals surface area (Å²) >= 11 is 2.01. The van der Waals surface area contributed by atoms with Gasteiger partial charge in [-0.25, -0.2) is 4.31 Å². The second-order valence-corrected chi connectivity index (χ2v) is 8.22. The van der Waals surface area contributed by atoms with Crippen LogP contribution >= 0.6 is 11.9 Å². The lowest BCUT2D eigenvalue weighted by Crippen LogP contribution is -2.20. The van der Waals surface area contributed by atoms with Crippen LogP contribution in [0.15, 0.2) is 10.5 Å². The Morgan fingerprint density at radius 3 is 2.00 bits per heavy atom. The molecule has 0 aliphatic carbocycles. The maximum atomic E-state index is 2.55. The molecule has 1 rings (SSSR count). The molecular formula is C15H29NS. The van der Waals surface area contributed by atoms with Gasteiger partial charge in [0.2, 0.25) is 0 Å². The van der Waals surface area contributed by atoms with E-state index in [0.29, 0.717) is 5.41 Å².